The van der Waals surface area contributed by atoms with E-state index in [4.69, 9.17) is 10.2 Å². The number of rotatable bonds is 4. The van der Waals surface area contributed by atoms with E-state index >= 15 is 0 Å². The number of nitrogens with zero attached hydrogens (tertiary/aromatic N) is 1. The van der Waals surface area contributed by atoms with Crippen molar-refractivity contribution in [3.05, 3.63) is 0 Å². The molecule has 2 amide bonds. The van der Waals surface area contributed by atoms with Crippen molar-refractivity contribution in [1.29, 1.82) is 0 Å². The number of hydrogen-bond donors (Lipinski definition) is 1. The minimum Gasteiger partial charge on any atom is -0.408 e. The molecule has 2 N–H and O–H groups in total. The maximum absolute atomic E-state index is 13.4. The number of hydrogen-bond acceptors (Lipinski definition) is 3. The average molecular weight is 304 g/mol. The summed E-state index contributed by atoms with van der Waals surface area (Å²) in [5.41, 5.74) is 5.21. The molecule has 1 aliphatic heterocycles. The molecule has 1 fully saturated rings. The predicted octanol–water partition coefficient (Wildman–Crippen LogP) is 1.43. The number of nitrogens with two attached hydrogens (primary N) is 1. The van der Waals surface area contributed by atoms with Crippen molar-refractivity contribution < 1.29 is 18.4 Å². The van der Waals surface area contributed by atoms with Crippen molar-refractivity contribution in [2.75, 3.05) is 13.2 Å². The van der Waals surface area contributed by atoms with E-state index in [1.807, 2.05) is 13.1 Å². The van der Waals surface area contributed by atoms with Crippen molar-refractivity contribution in [3.63, 3.8) is 0 Å². The molecule has 0 spiro atoms. The number of primary amides is 1. The fraction of sp³-hybridized carbons (Fsp3) is 0.846. The van der Waals surface area contributed by atoms with Crippen LogP contribution in [0.5, 0.6) is 0 Å². The maximum atomic E-state index is 13.4. The summed E-state index contributed by atoms with van der Waals surface area (Å²) in [4.78, 5) is 24.6. The molecule has 7 heteroatoms. The van der Waals surface area contributed by atoms with E-state index in [1.54, 1.807) is 0 Å². The number of likely N-dealkylation sites (tertiary alicyclic amines) is 1. The highest BCUT2D eigenvalue weighted by atomic mass is 28.4. The molecule has 5 nitrogen and oxygen atoms in total. The van der Waals surface area contributed by atoms with Crippen molar-refractivity contribution in [2.45, 2.75) is 57.5 Å². The first-order chi connectivity index (χ1) is 8.95. The molecule has 0 aromatic carbocycles. The largest absolute Gasteiger partial charge is 0.408 e. The van der Waals surface area contributed by atoms with Crippen LogP contribution in [-0.2, 0) is 14.0 Å². The summed E-state index contributed by atoms with van der Waals surface area (Å²) in [6.07, 6.45) is -1.20. The van der Waals surface area contributed by atoms with E-state index in [1.165, 1.54) is 4.90 Å². The van der Waals surface area contributed by atoms with Gasteiger partial charge in [-0.2, -0.15) is 0 Å². The quantitative estimate of drug-likeness (QED) is 0.799. The number of amides is 2. The SMILES string of the molecule is CC(C)(C)[Si](C)(C)OCC(=O)N1C[C@@H](F)C[C@H]1C(N)=O. The molecule has 20 heavy (non-hydrogen) atoms. The Labute approximate surface area is 120 Å². The Balaban J connectivity index is 2.65. The molecule has 0 bridgehead atoms. The van der Waals surface area contributed by atoms with Gasteiger partial charge in [0.25, 0.3) is 0 Å². The molecule has 1 saturated heterocycles. The molecule has 0 aromatic heterocycles. The predicted molar refractivity (Wildman–Crippen MR) is 77.4 cm³/mol. The highest BCUT2D eigenvalue weighted by Gasteiger charge is 2.41. The van der Waals surface area contributed by atoms with E-state index in [0.717, 1.165) is 0 Å². The summed E-state index contributed by atoms with van der Waals surface area (Å²) in [5.74, 6) is -1.02. The van der Waals surface area contributed by atoms with E-state index in [0.29, 0.717) is 0 Å². The Morgan fingerprint density at radius 3 is 2.40 bits per heavy atom. The van der Waals surface area contributed by atoms with Gasteiger partial charge in [-0.3, -0.25) is 9.59 Å². The summed E-state index contributed by atoms with van der Waals surface area (Å²) in [6.45, 7) is 10.1. The first-order valence-electron chi connectivity index (χ1n) is 6.82. The summed E-state index contributed by atoms with van der Waals surface area (Å²) in [7, 11) is -2.04. The zero-order valence-corrected chi connectivity index (χ0v) is 13.9. The summed E-state index contributed by atoms with van der Waals surface area (Å²) >= 11 is 0. The Morgan fingerprint density at radius 2 is 1.95 bits per heavy atom. The van der Waals surface area contributed by atoms with Crippen LogP contribution in [0, 0.1) is 0 Å². The van der Waals surface area contributed by atoms with Gasteiger partial charge >= 0.3 is 0 Å². The minimum atomic E-state index is -2.04. The standard InChI is InChI=1S/C13H25FN2O3Si/c1-13(2,3)20(4,5)19-8-11(17)16-7-9(14)6-10(16)12(15)18/h9-10H,6-8H2,1-5H3,(H2,15,18)/t9-,10-/m0/s1. The molecule has 0 unspecified atom stereocenters. The molecule has 116 valence electrons. The molecule has 0 aromatic rings. The lowest BCUT2D eigenvalue weighted by Gasteiger charge is -2.36. The number of halogens is 1. The van der Waals surface area contributed by atoms with Gasteiger partial charge in [0.05, 0.1) is 6.54 Å². The topological polar surface area (TPSA) is 72.6 Å². The molecular weight excluding hydrogens is 279 g/mol. The first kappa shape index (κ1) is 17.1. The van der Waals surface area contributed by atoms with Crippen LogP contribution in [0.25, 0.3) is 0 Å². The molecule has 1 heterocycles. The van der Waals surface area contributed by atoms with Crippen LogP contribution in [0.2, 0.25) is 18.1 Å². The molecule has 1 aliphatic rings. The van der Waals surface area contributed by atoms with Crippen LogP contribution in [-0.4, -0.2) is 50.4 Å². The van der Waals surface area contributed by atoms with Crippen LogP contribution in [0.4, 0.5) is 4.39 Å². The average Bonchev–Trinajstić information content (AvgIpc) is 2.67. The Kier molecular flexibility index (Phi) is 4.97. The second-order valence-electron chi connectivity index (χ2n) is 6.85. The van der Waals surface area contributed by atoms with Gasteiger partial charge in [-0.15, -0.1) is 0 Å². The molecule has 2 atom stereocenters. The zero-order chi connectivity index (χ0) is 15.7. The van der Waals surface area contributed by atoms with Crippen LogP contribution < -0.4 is 5.73 Å². The van der Waals surface area contributed by atoms with Gasteiger partial charge in [-0.25, -0.2) is 4.39 Å². The second-order valence-corrected chi connectivity index (χ2v) is 11.7. The van der Waals surface area contributed by atoms with Crippen LogP contribution in [0.1, 0.15) is 27.2 Å². The Morgan fingerprint density at radius 1 is 1.40 bits per heavy atom. The van der Waals surface area contributed by atoms with Crippen LogP contribution >= 0.6 is 0 Å². The maximum Gasteiger partial charge on any atom is 0.248 e. The van der Waals surface area contributed by atoms with Crippen molar-refractivity contribution in [3.8, 4) is 0 Å². The van der Waals surface area contributed by atoms with Gasteiger partial charge in [-0.1, -0.05) is 20.8 Å². The third kappa shape index (κ3) is 3.79. The van der Waals surface area contributed by atoms with E-state index in [2.05, 4.69) is 20.8 Å². The molecular formula is C13H25FN2O3Si. The smallest absolute Gasteiger partial charge is 0.248 e. The second kappa shape index (κ2) is 5.81. The summed E-state index contributed by atoms with van der Waals surface area (Å²) < 4.78 is 19.2. The molecule has 0 radical (unpaired) electrons. The highest BCUT2D eigenvalue weighted by molar-refractivity contribution is 6.74. The zero-order valence-electron chi connectivity index (χ0n) is 12.9. The van der Waals surface area contributed by atoms with Gasteiger partial charge in [0.1, 0.15) is 18.8 Å². The fourth-order valence-electron chi connectivity index (χ4n) is 1.87. The first-order valence-corrected chi connectivity index (χ1v) is 9.73. The van der Waals surface area contributed by atoms with E-state index < -0.39 is 26.4 Å². The monoisotopic (exact) mass is 304 g/mol. The van der Waals surface area contributed by atoms with E-state index in [-0.39, 0.29) is 30.5 Å². The summed E-state index contributed by atoms with van der Waals surface area (Å²) in [5, 5.41) is -0.00992. The summed E-state index contributed by atoms with van der Waals surface area (Å²) in [6, 6.07) is -0.847. The van der Waals surface area contributed by atoms with Gasteiger partial charge < -0.3 is 15.1 Å². The number of carbonyl (C=O) groups is 2. The minimum absolute atomic E-state index is 0.00992. The number of carbonyl (C=O) groups excluding carboxylic acids is 2. The lowest BCUT2D eigenvalue weighted by atomic mass is 10.2. The third-order valence-electron chi connectivity index (χ3n) is 4.26. The lowest BCUT2D eigenvalue weighted by molar-refractivity contribution is -0.139. The van der Waals surface area contributed by atoms with Gasteiger partial charge in [0.15, 0.2) is 8.32 Å². The van der Waals surface area contributed by atoms with E-state index in [9.17, 15) is 14.0 Å². The van der Waals surface area contributed by atoms with Crippen LogP contribution in [0.3, 0.4) is 0 Å². The Hall–Kier alpha value is -0.953. The molecule has 1 rings (SSSR count). The normalized spacial score (nSPS) is 24.0. The van der Waals surface area contributed by atoms with Gasteiger partial charge in [-0.05, 0) is 18.1 Å². The van der Waals surface area contributed by atoms with Gasteiger partial charge in [0, 0.05) is 6.42 Å². The van der Waals surface area contributed by atoms with Crippen LogP contribution in [0.15, 0.2) is 0 Å². The lowest BCUT2D eigenvalue weighted by Crippen LogP contribution is -2.48. The van der Waals surface area contributed by atoms with Crippen molar-refractivity contribution >= 4 is 20.1 Å². The Bertz CT molecular complexity index is 396. The van der Waals surface area contributed by atoms with Crippen molar-refractivity contribution in [1.82, 2.24) is 4.90 Å². The fourth-order valence-corrected chi connectivity index (χ4v) is 2.79. The molecule has 0 saturated carbocycles. The molecule has 0 aliphatic carbocycles. The number of alkyl halides is 1. The third-order valence-corrected chi connectivity index (χ3v) is 8.74. The van der Waals surface area contributed by atoms with Gasteiger partial charge in [0.2, 0.25) is 11.8 Å². The highest BCUT2D eigenvalue weighted by Crippen LogP contribution is 2.36. The van der Waals surface area contributed by atoms with Crippen molar-refractivity contribution in [2.24, 2.45) is 5.73 Å².